The summed E-state index contributed by atoms with van der Waals surface area (Å²) in [5.74, 6) is 1.25. The van der Waals surface area contributed by atoms with Crippen LogP contribution in [-0.4, -0.2) is 41.8 Å². The standard InChI is InChI=1S/C15H10Cl2N2O2S.C15H11ClN2O3S.C9H5Cl2N.2CH4.I2.H2O.H3P/c16-11-2-1-10-7-8-18-15(14(10)9-11)19-12-3-5-13(6-4-12)22(17,20)21;16-11-2-1-10-7-8-17-15(14(10)9-11)18-12-3-5-13(6-4-12)22(19,20)21;10-7-2-1-6-3-4-12-9(11)8(6)5-7;;;1-2;;/h1-9H,(H,18,19);1-9H,(H,17,18)(H,19,20,21);1-5H;2*1H4;;1H2;1H3. The highest BCUT2D eigenvalue weighted by Crippen LogP contribution is 2.29. The molecule has 0 bridgehead atoms. The first-order valence-corrected chi connectivity index (χ1v) is 27.8. The normalized spacial score (nSPS) is 10.3. The van der Waals surface area contributed by atoms with E-state index in [-0.39, 0.29) is 40.0 Å². The molecule has 5 aromatic carbocycles. The van der Waals surface area contributed by atoms with Crippen LogP contribution in [0.25, 0.3) is 32.3 Å². The zero-order valence-electron chi connectivity index (χ0n) is 30.4. The smallest absolute Gasteiger partial charge is 0.294 e. The summed E-state index contributed by atoms with van der Waals surface area (Å²) in [6, 6.07) is 34.1. The lowest BCUT2D eigenvalue weighted by atomic mass is 10.1. The maximum atomic E-state index is 11.2. The second kappa shape index (κ2) is 26.1. The van der Waals surface area contributed by atoms with E-state index in [1.807, 2.05) is 60.7 Å². The Morgan fingerprint density at radius 3 is 1.21 bits per heavy atom. The average Bonchev–Trinajstić information content (AvgIpc) is 3.20. The summed E-state index contributed by atoms with van der Waals surface area (Å²) in [6.07, 6.45) is 5.04. The highest BCUT2D eigenvalue weighted by Gasteiger charge is 2.11. The van der Waals surface area contributed by atoms with Crippen LogP contribution in [-0.2, 0) is 19.2 Å². The van der Waals surface area contributed by atoms with E-state index in [2.05, 4.69) is 62.8 Å². The van der Waals surface area contributed by atoms with E-state index in [1.165, 1.54) is 24.3 Å². The van der Waals surface area contributed by atoms with Crippen LogP contribution >= 0.6 is 104 Å². The topological polar surface area (TPSA) is 183 Å². The molecule has 8 aromatic rings. The first-order chi connectivity index (χ1) is 27.6. The molecule has 0 saturated heterocycles. The van der Waals surface area contributed by atoms with Crippen molar-refractivity contribution in [3.8, 4) is 0 Å². The first-order valence-electron chi connectivity index (χ1n) is 16.2. The number of nitrogens with one attached hydrogen (secondary N) is 2. The molecule has 21 heteroatoms. The number of hydrogen-bond donors (Lipinski definition) is 3. The van der Waals surface area contributed by atoms with E-state index in [4.69, 9.17) is 61.6 Å². The largest absolute Gasteiger partial charge is 0.412 e. The lowest BCUT2D eigenvalue weighted by Gasteiger charge is -2.09. The van der Waals surface area contributed by atoms with Gasteiger partial charge in [0.2, 0.25) is 0 Å². The molecule has 62 heavy (non-hydrogen) atoms. The Labute approximate surface area is 411 Å². The van der Waals surface area contributed by atoms with Crippen molar-refractivity contribution in [2.45, 2.75) is 24.6 Å². The highest BCUT2D eigenvalue weighted by atomic mass is 128. The van der Waals surface area contributed by atoms with Gasteiger partial charge in [0.25, 0.3) is 19.2 Å². The molecule has 0 aliphatic heterocycles. The summed E-state index contributed by atoms with van der Waals surface area (Å²) in [5, 5.41) is 14.3. The van der Waals surface area contributed by atoms with Gasteiger partial charge in [-0.1, -0.05) is 79.5 Å². The van der Waals surface area contributed by atoms with Crippen LogP contribution in [0.15, 0.2) is 150 Å². The number of anilines is 4. The molecule has 1 atom stereocenters. The van der Waals surface area contributed by atoms with Gasteiger partial charge in [-0.2, -0.15) is 18.3 Å². The van der Waals surface area contributed by atoms with Crippen molar-refractivity contribution in [3.05, 3.63) is 160 Å². The molecule has 330 valence electrons. The van der Waals surface area contributed by atoms with Gasteiger partial charge < -0.3 is 16.1 Å². The van der Waals surface area contributed by atoms with Crippen molar-refractivity contribution >= 4 is 179 Å². The molecule has 1 unspecified atom stereocenters. The number of benzene rings is 5. The Kier molecular flexibility index (Phi) is 24.1. The second-order valence-corrected chi connectivity index (χ2v) is 17.4. The lowest BCUT2D eigenvalue weighted by molar-refractivity contribution is 0.483. The van der Waals surface area contributed by atoms with Crippen LogP contribution in [0, 0.1) is 0 Å². The number of hydrogen-bond acceptors (Lipinski definition) is 9. The van der Waals surface area contributed by atoms with Crippen molar-refractivity contribution in [3.63, 3.8) is 0 Å². The monoisotopic (exact) mass is 1220 g/mol. The van der Waals surface area contributed by atoms with Crippen molar-refractivity contribution in [1.82, 2.24) is 15.0 Å². The van der Waals surface area contributed by atoms with Gasteiger partial charge in [-0.15, -0.1) is 0 Å². The van der Waals surface area contributed by atoms with Crippen molar-refractivity contribution in [2.24, 2.45) is 0 Å². The molecule has 3 heterocycles. The quantitative estimate of drug-likeness (QED) is 0.0476. The number of nitrogens with zero attached hydrogens (tertiary/aromatic N) is 3. The van der Waals surface area contributed by atoms with E-state index in [0.29, 0.717) is 43.2 Å². The fraction of sp³-hybridized carbons (Fsp3) is 0.0488. The van der Waals surface area contributed by atoms with Crippen LogP contribution in [0.3, 0.4) is 0 Å². The summed E-state index contributed by atoms with van der Waals surface area (Å²) in [5.41, 5.74) is 1.34. The average molecular weight is 1220 g/mol. The third kappa shape index (κ3) is 16.0. The van der Waals surface area contributed by atoms with E-state index >= 15 is 0 Å². The number of rotatable bonds is 6. The van der Waals surface area contributed by atoms with Crippen LogP contribution in [0.1, 0.15) is 14.9 Å². The van der Waals surface area contributed by atoms with E-state index in [9.17, 15) is 16.8 Å². The SMILES string of the molecule is C.C.Clc1ccc2ccnc(Cl)c2c1.II.O.O=S(=O)(Cl)c1ccc(Nc2nccc3ccc(Cl)cc23)cc1.O=S(=O)(O)c1ccc(Nc2nccc3ccc(Cl)cc23)cc1.P. The van der Waals surface area contributed by atoms with Gasteiger partial charge >= 0.3 is 0 Å². The third-order valence-corrected chi connectivity index (χ3v) is 11.2. The van der Waals surface area contributed by atoms with Crippen LogP contribution in [0.5, 0.6) is 0 Å². The van der Waals surface area contributed by atoms with E-state index in [0.717, 1.165) is 32.3 Å². The van der Waals surface area contributed by atoms with E-state index < -0.39 is 19.2 Å². The lowest BCUT2D eigenvalue weighted by Crippen LogP contribution is -1.99. The van der Waals surface area contributed by atoms with Crippen LogP contribution in [0.4, 0.5) is 23.0 Å². The van der Waals surface area contributed by atoms with Gasteiger partial charge in [-0.25, -0.2) is 23.4 Å². The summed E-state index contributed by atoms with van der Waals surface area (Å²) in [4.78, 5) is 12.4. The molecule has 0 saturated carbocycles. The predicted octanol–water partition coefficient (Wildman–Crippen LogP) is 14.3. The van der Waals surface area contributed by atoms with E-state index in [1.54, 1.807) is 55.0 Å². The van der Waals surface area contributed by atoms with Gasteiger partial charge in [-0.3, -0.25) is 4.55 Å². The molecule has 0 amide bonds. The van der Waals surface area contributed by atoms with Gasteiger partial charge in [0.1, 0.15) is 16.8 Å². The maximum Gasteiger partial charge on any atom is 0.294 e. The predicted molar refractivity (Wildman–Crippen MR) is 284 cm³/mol. The van der Waals surface area contributed by atoms with Crippen molar-refractivity contribution in [2.75, 3.05) is 10.6 Å². The Morgan fingerprint density at radius 1 is 0.500 bits per heavy atom. The van der Waals surface area contributed by atoms with Crippen LogP contribution in [0.2, 0.25) is 20.2 Å². The number of pyridine rings is 3. The summed E-state index contributed by atoms with van der Waals surface area (Å²) in [6.45, 7) is 0. The fourth-order valence-corrected chi connectivity index (χ4v) is 7.26. The highest BCUT2D eigenvalue weighted by molar-refractivity contribution is 15.0. The van der Waals surface area contributed by atoms with Crippen molar-refractivity contribution in [1.29, 1.82) is 0 Å². The molecule has 0 aliphatic rings. The van der Waals surface area contributed by atoms with Gasteiger partial charge in [0, 0.05) is 109 Å². The zero-order valence-corrected chi connectivity index (χ0v) is 41.5. The maximum absolute atomic E-state index is 11.2. The molecule has 0 radical (unpaired) electrons. The molecule has 0 aliphatic carbocycles. The van der Waals surface area contributed by atoms with Gasteiger partial charge in [-0.05, 0) is 119 Å². The number of fused-ring (bicyclic) bond motifs is 3. The minimum Gasteiger partial charge on any atom is -0.412 e. The Morgan fingerprint density at radius 2 is 0.839 bits per heavy atom. The Hall–Kier alpha value is -2.91. The van der Waals surface area contributed by atoms with Crippen molar-refractivity contribution < 1.29 is 26.9 Å². The molecule has 11 nitrogen and oxygen atoms in total. The third-order valence-electron chi connectivity index (χ3n) is 7.95. The summed E-state index contributed by atoms with van der Waals surface area (Å²) < 4.78 is 53.5. The molecule has 0 spiro atoms. The minimum absolute atomic E-state index is 0. The molecule has 0 fully saturated rings. The molecular weight excluding hydrogens is 1180 g/mol. The van der Waals surface area contributed by atoms with Gasteiger partial charge in [0.05, 0.1) is 9.79 Å². The molecule has 5 N–H and O–H groups in total. The molecular formula is C41H39Cl5I2N5O6PS2. The summed E-state index contributed by atoms with van der Waals surface area (Å²) in [7, 11) is -2.62. The number of aromatic nitrogens is 3. The van der Waals surface area contributed by atoms with Crippen LogP contribution < -0.4 is 10.6 Å². The molecule has 8 rings (SSSR count). The first kappa shape index (κ1) is 57.1. The number of halogens is 7. The molecule has 3 aromatic heterocycles. The zero-order chi connectivity index (χ0) is 42.0. The second-order valence-electron chi connectivity index (χ2n) is 11.7. The fourth-order valence-electron chi connectivity index (χ4n) is 5.27. The Bertz CT molecular complexity index is 2790. The van der Waals surface area contributed by atoms with Gasteiger partial charge in [0.15, 0.2) is 0 Å². The minimum atomic E-state index is -4.19. The Balaban J connectivity index is 0.000000458. The summed E-state index contributed by atoms with van der Waals surface area (Å²) >= 11 is 27.9.